The molecule has 0 amide bonds. The van der Waals surface area contributed by atoms with Gasteiger partial charge in [0.25, 0.3) is 0 Å². The highest BCUT2D eigenvalue weighted by Gasteiger charge is 2.15. The summed E-state index contributed by atoms with van der Waals surface area (Å²) in [6.45, 7) is 5.00. The summed E-state index contributed by atoms with van der Waals surface area (Å²) in [6.07, 6.45) is 2.77. The highest BCUT2D eigenvalue weighted by molar-refractivity contribution is 6.32. The molecular formula is C15H21ClN2O. The number of benzene rings is 1. The maximum absolute atomic E-state index is 8.91. The monoisotopic (exact) mass is 280 g/mol. The number of nitriles is 1. The summed E-state index contributed by atoms with van der Waals surface area (Å²) in [5, 5.41) is 9.50. The van der Waals surface area contributed by atoms with Crippen molar-refractivity contribution in [3.8, 4) is 11.8 Å². The molecule has 0 saturated heterocycles. The number of unbranched alkanes of at least 4 members (excludes halogenated alkanes) is 1. The zero-order valence-electron chi connectivity index (χ0n) is 11.6. The van der Waals surface area contributed by atoms with Crippen LogP contribution in [0.2, 0.25) is 5.02 Å². The smallest absolute Gasteiger partial charge is 0.137 e. The van der Waals surface area contributed by atoms with Crippen LogP contribution in [-0.2, 0) is 6.54 Å². The predicted octanol–water partition coefficient (Wildman–Crippen LogP) is 3.90. The standard InChI is InChI=1S/C15H21ClN2O/c1-15(2,11-18)7-3-4-8-19-14-6-5-12(10-17)9-13(14)16/h5-6,9H,3-4,7-8,10,17H2,1-2H3. The van der Waals surface area contributed by atoms with Crippen molar-refractivity contribution in [2.45, 2.75) is 39.7 Å². The summed E-state index contributed by atoms with van der Waals surface area (Å²) in [4.78, 5) is 0. The Morgan fingerprint density at radius 2 is 2.11 bits per heavy atom. The van der Waals surface area contributed by atoms with Crippen molar-refractivity contribution in [1.82, 2.24) is 0 Å². The van der Waals surface area contributed by atoms with Crippen molar-refractivity contribution in [1.29, 1.82) is 5.26 Å². The first-order valence-corrected chi connectivity index (χ1v) is 6.89. The summed E-state index contributed by atoms with van der Waals surface area (Å²) in [5.41, 5.74) is 6.28. The van der Waals surface area contributed by atoms with E-state index in [4.69, 9.17) is 27.3 Å². The second kappa shape index (κ2) is 7.37. The number of nitrogens with two attached hydrogens (primary N) is 1. The SMILES string of the molecule is CC(C)(C#N)CCCCOc1ccc(CN)cc1Cl. The minimum atomic E-state index is -0.250. The maximum Gasteiger partial charge on any atom is 0.137 e. The Morgan fingerprint density at radius 3 is 2.68 bits per heavy atom. The van der Waals surface area contributed by atoms with Crippen molar-refractivity contribution in [2.75, 3.05) is 6.61 Å². The second-order valence-electron chi connectivity index (χ2n) is 5.27. The molecule has 0 aliphatic carbocycles. The average Bonchev–Trinajstić information content (AvgIpc) is 2.39. The molecule has 2 N–H and O–H groups in total. The Morgan fingerprint density at radius 1 is 1.37 bits per heavy atom. The van der Waals surface area contributed by atoms with Crippen LogP contribution in [0.25, 0.3) is 0 Å². The van der Waals surface area contributed by atoms with E-state index in [9.17, 15) is 0 Å². The van der Waals surface area contributed by atoms with Gasteiger partial charge in [-0.3, -0.25) is 0 Å². The van der Waals surface area contributed by atoms with Gasteiger partial charge < -0.3 is 10.5 Å². The first-order valence-electron chi connectivity index (χ1n) is 6.51. The molecule has 0 saturated carbocycles. The molecule has 0 fully saturated rings. The zero-order chi connectivity index (χ0) is 14.3. The molecule has 0 radical (unpaired) electrons. The molecule has 19 heavy (non-hydrogen) atoms. The minimum absolute atomic E-state index is 0.250. The van der Waals surface area contributed by atoms with E-state index in [2.05, 4.69) is 6.07 Å². The molecule has 0 unspecified atom stereocenters. The first kappa shape index (κ1) is 15.8. The van der Waals surface area contributed by atoms with Gasteiger partial charge in [0.1, 0.15) is 5.75 Å². The molecule has 0 spiro atoms. The van der Waals surface area contributed by atoms with Gasteiger partial charge in [0.2, 0.25) is 0 Å². The average molecular weight is 281 g/mol. The molecule has 0 aromatic heterocycles. The van der Waals surface area contributed by atoms with Gasteiger partial charge in [-0.1, -0.05) is 17.7 Å². The summed E-state index contributed by atoms with van der Waals surface area (Å²) in [7, 11) is 0. The van der Waals surface area contributed by atoms with Crippen LogP contribution in [0.15, 0.2) is 18.2 Å². The molecule has 104 valence electrons. The van der Waals surface area contributed by atoms with E-state index < -0.39 is 0 Å². The molecular weight excluding hydrogens is 260 g/mol. The summed E-state index contributed by atoms with van der Waals surface area (Å²) in [5.74, 6) is 0.693. The first-order chi connectivity index (χ1) is 8.98. The van der Waals surface area contributed by atoms with Gasteiger partial charge in [-0.05, 0) is 50.8 Å². The number of rotatable bonds is 7. The van der Waals surface area contributed by atoms with Gasteiger partial charge in [0, 0.05) is 6.54 Å². The molecule has 1 rings (SSSR count). The molecule has 1 aromatic carbocycles. The number of nitrogens with zero attached hydrogens (tertiary/aromatic N) is 1. The van der Waals surface area contributed by atoms with Gasteiger partial charge in [-0.2, -0.15) is 5.26 Å². The maximum atomic E-state index is 8.91. The van der Waals surface area contributed by atoms with Crippen LogP contribution in [0.5, 0.6) is 5.75 Å². The number of halogens is 1. The van der Waals surface area contributed by atoms with Gasteiger partial charge in [0.05, 0.1) is 23.1 Å². The van der Waals surface area contributed by atoms with Gasteiger partial charge >= 0.3 is 0 Å². The van der Waals surface area contributed by atoms with E-state index in [1.165, 1.54) is 0 Å². The fourth-order valence-corrected chi connectivity index (χ4v) is 1.95. The molecule has 1 aromatic rings. The molecule has 0 atom stereocenters. The van der Waals surface area contributed by atoms with Gasteiger partial charge in [0.15, 0.2) is 0 Å². The van der Waals surface area contributed by atoms with Crippen LogP contribution >= 0.6 is 11.6 Å². The lowest BCUT2D eigenvalue weighted by Gasteiger charge is -2.14. The fraction of sp³-hybridized carbons (Fsp3) is 0.533. The van der Waals surface area contributed by atoms with E-state index in [1.807, 2.05) is 32.0 Å². The third-order valence-electron chi connectivity index (χ3n) is 2.99. The number of hydrogen-bond donors (Lipinski definition) is 1. The van der Waals surface area contributed by atoms with Gasteiger partial charge in [-0.15, -0.1) is 0 Å². The zero-order valence-corrected chi connectivity index (χ0v) is 12.3. The van der Waals surface area contributed by atoms with Crippen molar-refractivity contribution >= 4 is 11.6 Å². The van der Waals surface area contributed by atoms with E-state index >= 15 is 0 Å². The van der Waals surface area contributed by atoms with Crippen LogP contribution in [0.3, 0.4) is 0 Å². The van der Waals surface area contributed by atoms with Crippen molar-refractivity contribution in [3.63, 3.8) is 0 Å². The molecule has 3 nitrogen and oxygen atoms in total. The quantitative estimate of drug-likeness (QED) is 0.771. The summed E-state index contributed by atoms with van der Waals surface area (Å²) >= 11 is 6.09. The fourth-order valence-electron chi connectivity index (χ4n) is 1.70. The van der Waals surface area contributed by atoms with Crippen LogP contribution < -0.4 is 10.5 Å². The second-order valence-corrected chi connectivity index (χ2v) is 5.68. The van der Waals surface area contributed by atoms with E-state index in [0.717, 1.165) is 24.8 Å². The third-order valence-corrected chi connectivity index (χ3v) is 3.28. The summed E-state index contributed by atoms with van der Waals surface area (Å²) < 4.78 is 5.63. The van der Waals surface area contributed by atoms with E-state index in [1.54, 1.807) is 0 Å². The van der Waals surface area contributed by atoms with Crippen LogP contribution in [0.4, 0.5) is 0 Å². The number of hydrogen-bond acceptors (Lipinski definition) is 3. The third kappa shape index (κ3) is 5.50. The summed E-state index contributed by atoms with van der Waals surface area (Å²) in [6, 6.07) is 7.89. The Balaban J connectivity index is 2.32. The van der Waals surface area contributed by atoms with Crippen LogP contribution in [0.1, 0.15) is 38.7 Å². The number of ether oxygens (including phenoxy) is 1. The minimum Gasteiger partial charge on any atom is -0.492 e. The largest absolute Gasteiger partial charge is 0.492 e. The van der Waals surface area contributed by atoms with Crippen molar-refractivity contribution in [2.24, 2.45) is 11.1 Å². The van der Waals surface area contributed by atoms with Crippen LogP contribution in [-0.4, -0.2) is 6.61 Å². The van der Waals surface area contributed by atoms with E-state index in [0.29, 0.717) is 23.9 Å². The van der Waals surface area contributed by atoms with Crippen molar-refractivity contribution < 1.29 is 4.74 Å². The lowest BCUT2D eigenvalue weighted by molar-refractivity contribution is 0.295. The molecule has 0 aliphatic heterocycles. The molecule has 0 heterocycles. The molecule has 0 aliphatic rings. The Hall–Kier alpha value is -1.24. The van der Waals surface area contributed by atoms with Crippen LogP contribution in [0, 0.1) is 16.7 Å². The molecule has 0 bridgehead atoms. The van der Waals surface area contributed by atoms with Crippen molar-refractivity contribution in [3.05, 3.63) is 28.8 Å². The Bertz CT molecular complexity index is 452. The topological polar surface area (TPSA) is 59.0 Å². The normalized spacial score (nSPS) is 11.1. The lowest BCUT2D eigenvalue weighted by atomic mass is 9.89. The lowest BCUT2D eigenvalue weighted by Crippen LogP contribution is -2.08. The molecule has 4 heteroatoms. The Kier molecular flexibility index (Phi) is 6.14. The van der Waals surface area contributed by atoms with Gasteiger partial charge in [-0.25, -0.2) is 0 Å². The predicted molar refractivity (Wildman–Crippen MR) is 78.1 cm³/mol. The Labute approximate surface area is 120 Å². The highest BCUT2D eigenvalue weighted by atomic mass is 35.5. The highest BCUT2D eigenvalue weighted by Crippen LogP contribution is 2.26. The van der Waals surface area contributed by atoms with E-state index in [-0.39, 0.29) is 5.41 Å².